The van der Waals surface area contributed by atoms with Gasteiger partial charge in [-0.25, -0.2) is 14.4 Å². The molecule has 27 heavy (non-hydrogen) atoms. The quantitative estimate of drug-likeness (QED) is 0.504. The molecule has 1 heterocycles. The Balaban J connectivity index is 1.51. The van der Waals surface area contributed by atoms with Gasteiger partial charge < -0.3 is 10.6 Å². The van der Waals surface area contributed by atoms with Gasteiger partial charge in [0.1, 0.15) is 16.7 Å². The predicted octanol–water partition coefficient (Wildman–Crippen LogP) is 2.92. The zero-order valence-electron chi connectivity index (χ0n) is 14.5. The van der Waals surface area contributed by atoms with Crippen LogP contribution in [0.25, 0.3) is 10.9 Å². The molecule has 2 amide bonds. The highest BCUT2D eigenvalue weighted by Crippen LogP contribution is 2.24. The molecule has 0 atom stereocenters. The Bertz CT molecular complexity index is 979. The Labute approximate surface area is 159 Å². The molecule has 0 aliphatic carbocycles. The Hall–Kier alpha value is -3.00. The Morgan fingerprint density at radius 1 is 1.04 bits per heavy atom. The number of thioether (sulfide) groups is 1. The van der Waals surface area contributed by atoms with E-state index in [1.807, 2.05) is 24.3 Å². The zero-order chi connectivity index (χ0) is 19.2. The Morgan fingerprint density at radius 2 is 1.78 bits per heavy atom. The van der Waals surface area contributed by atoms with Gasteiger partial charge in [0.15, 0.2) is 0 Å². The fraction of sp³-hybridized carbons (Fsp3) is 0.158. The molecular weight excluding hydrogens is 367 g/mol. The highest BCUT2D eigenvalue weighted by atomic mass is 32.2. The molecule has 0 aliphatic rings. The number of para-hydroxylation sites is 1. The molecule has 0 fully saturated rings. The first-order valence-corrected chi connectivity index (χ1v) is 9.18. The summed E-state index contributed by atoms with van der Waals surface area (Å²) in [7, 11) is 0. The van der Waals surface area contributed by atoms with Crippen molar-refractivity contribution in [2.24, 2.45) is 0 Å². The van der Waals surface area contributed by atoms with Crippen LogP contribution in [0.15, 0.2) is 53.6 Å². The van der Waals surface area contributed by atoms with E-state index in [0.29, 0.717) is 11.5 Å². The number of carbonyl (C=O) groups excluding carboxylic acids is 2. The molecule has 0 radical (unpaired) electrons. The zero-order valence-corrected chi connectivity index (χ0v) is 15.3. The van der Waals surface area contributed by atoms with E-state index in [0.717, 1.165) is 15.9 Å². The standard InChI is InChI=1S/C19H17FN4O2S/c1-12-22-16-5-3-2-4-15(16)19(23-12)27-11-18(26)21-10-17(25)24-14-8-6-13(20)7-9-14/h2-9H,10-11H2,1H3,(H,21,26)(H,24,25). The van der Waals surface area contributed by atoms with E-state index in [-0.39, 0.29) is 29.9 Å². The topological polar surface area (TPSA) is 84.0 Å². The molecule has 1 aromatic heterocycles. The average molecular weight is 384 g/mol. The van der Waals surface area contributed by atoms with Crippen LogP contribution in [0.4, 0.5) is 10.1 Å². The van der Waals surface area contributed by atoms with Gasteiger partial charge in [0, 0.05) is 11.1 Å². The second-order valence-electron chi connectivity index (χ2n) is 5.71. The lowest BCUT2D eigenvalue weighted by molar-refractivity contribution is -0.122. The molecule has 0 spiro atoms. The highest BCUT2D eigenvalue weighted by Gasteiger charge is 2.10. The van der Waals surface area contributed by atoms with E-state index in [9.17, 15) is 14.0 Å². The van der Waals surface area contributed by atoms with E-state index in [1.165, 1.54) is 36.0 Å². The molecule has 0 bridgehead atoms. The number of aryl methyl sites for hydroxylation is 1. The molecular formula is C19H17FN4O2S. The Morgan fingerprint density at radius 3 is 2.56 bits per heavy atom. The molecule has 3 rings (SSSR count). The van der Waals surface area contributed by atoms with E-state index in [2.05, 4.69) is 20.6 Å². The van der Waals surface area contributed by atoms with Crippen LogP contribution in [0, 0.1) is 12.7 Å². The summed E-state index contributed by atoms with van der Waals surface area (Å²) in [6.07, 6.45) is 0. The lowest BCUT2D eigenvalue weighted by Crippen LogP contribution is -2.33. The molecule has 6 nitrogen and oxygen atoms in total. The highest BCUT2D eigenvalue weighted by molar-refractivity contribution is 8.00. The van der Waals surface area contributed by atoms with Crippen LogP contribution in [0.2, 0.25) is 0 Å². The first-order chi connectivity index (χ1) is 13.0. The molecule has 138 valence electrons. The fourth-order valence-corrected chi connectivity index (χ4v) is 3.27. The van der Waals surface area contributed by atoms with Crippen LogP contribution >= 0.6 is 11.8 Å². The third kappa shape index (κ3) is 5.24. The normalized spacial score (nSPS) is 10.6. The number of anilines is 1. The third-order valence-electron chi connectivity index (χ3n) is 3.59. The first-order valence-electron chi connectivity index (χ1n) is 8.19. The third-order valence-corrected chi connectivity index (χ3v) is 4.59. The van der Waals surface area contributed by atoms with Crippen LogP contribution in [-0.2, 0) is 9.59 Å². The lowest BCUT2D eigenvalue weighted by Gasteiger charge is -2.08. The number of halogens is 1. The van der Waals surface area contributed by atoms with Gasteiger partial charge in [0.25, 0.3) is 0 Å². The van der Waals surface area contributed by atoms with Crippen molar-refractivity contribution in [3.63, 3.8) is 0 Å². The maximum Gasteiger partial charge on any atom is 0.243 e. The van der Waals surface area contributed by atoms with Gasteiger partial charge in [-0.2, -0.15) is 0 Å². The van der Waals surface area contributed by atoms with Crippen molar-refractivity contribution in [3.05, 3.63) is 60.2 Å². The summed E-state index contributed by atoms with van der Waals surface area (Å²) in [4.78, 5) is 32.6. The Kier molecular flexibility index (Phi) is 5.97. The predicted molar refractivity (Wildman–Crippen MR) is 103 cm³/mol. The minimum absolute atomic E-state index is 0.129. The summed E-state index contributed by atoms with van der Waals surface area (Å²) in [5, 5.41) is 6.75. The molecule has 8 heteroatoms. The van der Waals surface area contributed by atoms with Gasteiger partial charge in [-0.05, 0) is 37.3 Å². The van der Waals surface area contributed by atoms with Crippen LogP contribution in [0.1, 0.15) is 5.82 Å². The number of hydrogen-bond donors (Lipinski definition) is 2. The number of nitrogens with one attached hydrogen (secondary N) is 2. The maximum atomic E-state index is 12.8. The van der Waals surface area contributed by atoms with Gasteiger partial charge in [-0.1, -0.05) is 30.0 Å². The number of carbonyl (C=O) groups is 2. The average Bonchev–Trinajstić information content (AvgIpc) is 2.66. The van der Waals surface area contributed by atoms with Crippen molar-refractivity contribution in [1.82, 2.24) is 15.3 Å². The van der Waals surface area contributed by atoms with E-state index in [4.69, 9.17) is 0 Å². The van der Waals surface area contributed by atoms with Crippen LogP contribution in [0.3, 0.4) is 0 Å². The van der Waals surface area contributed by atoms with Gasteiger partial charge in [0.05, 0.1) is 17.8 Å². The van der Waals surface area contributed by atoms with E-state index < -0.39 is 0 Å². The van der Waals surface area contributed by atoms with Crippen molar-refractivity contribution in [1.29, 1.82) is 0 Å². The lowest BCUT2D eigenvalue weighted by atomic mass is 10.2. The summed E-state index contributed by atoms with van der Waals surface area (Å²) < 4.78 is 12.8. The summed E-state index contributed by atoms with van der Waals surface area (Å²) >= 11 is 1.29. The van der Waals surface area contributed by atoms with E-state index in [1.54, 1.807) is 6.92 Å². The monoisotopic (exact) mass is 384 g/mol. The summed E-state index contributed by atoms with van der Waals surface area (Å²) in [5.41, 5.74) is 1.29. The second kappa shape index (κ2) is 8.59. The van der Waals surface area contributed by atoms with Crippen molar-refractivity contribution in [2.75, 3.05) is 17.6 Å². The SMILES string of the molecule is Cc1nc(SCC(=O)NCC(=O)Nc2ccc(F)cc2)c2ccccc2n1. The number of benzene rings is 2. The smallest absolute Gasteiger partial charge is 0.243 e. The maximum absolute atomic E-state index is 12.8. The number of hydrogen-bond acceptors (Lipinski definition) is 5. The van der Waals surface area contributed by atoms with Crippen molar-refractivity contribution < 1.29 is 14.0 Å². The number of nitrogens with zero attached hydrogens (tertiary/aromatic N) is 2. The first kappa shape index (κ1) is 18.8. The number of aromatic nitrogens is 2. The van der Waals surface area contributed by atoms with Crippen molar-refractivity contribution in [3.8, 4) is 0 Å². The number of fused-ring (bicyclic) bond motifs is 1. The molecule has 0 unspecified atom stereocenters. The number of rotatable bonds is 6. The molecule has 0 saturated carbocycles. The minimum atomic E-state index is -0.386. The van der Waals surface area contributed by atoms with Crippen molar-refractivity contribution >= 4 is 40.2 Å². The molecule has 0 aliphatic heterocycles. The molecule has 0 saturated heterocycles. The van der Waals surface area contributed by atoms with E-state index >= 15 is 0 Å². The second-order valence-corrected chi connectivity index (χ2v) is 6.68. The van der Waals surface area contributed by atoms with Crippen LogP contribution in [0.5, 0.6) is 0 Å². The fourth-order valence-electron chi connectivity index (χ4n) is 2.37. The van der Waals surface area contributed by atoms with Gasteiger partial charge >= 0.3 is 0 Å². The van der Waals surface area contributed by atoms with Crippen LogP contribution < -0.4 is 10.6 Å². The van der Waals surface area contributed by atoms with Crippen molar-refractivity contribution in [2.45, 2.75) is 11.9 Å². The summed E-state index contributed by atoms with van der Waals surface area (Å²) in [6.45, 7) is 1.64. The molecule has 2 N–H and O–H groups in total. The van der Waals surface area contributed by atoms with Crippen LogP contribution in [-0.4, -0.2) is 34.1 Å². The van der Waals surface area contributed by atoms with Gasteiger partial charge in [-0.15, -0.1) is 0 Å². The minimum Gasteiger partial charge on any atom is -0.346 e. The molecule has 3 aromatic rings. The molecule has 2 aromatic carbocycles. The van der Waals surface area contributed by atoms with Gasteiger partial charge in [-0.3, -0.25) is 9.59 Å². The summed E-state index contributed by atoms with van der Waals surface area (Å²) in [6, 6.07) is 13.0. The largest absolute Gasteiger partial charge is 0.346 e. The van der Waals surface area contributed by atoms with Gasteiger partial charge in [0.2, 0.25) is 11.8 Å². The number of amides is 2. The summed E-state index contributed by atoms with van der Waals surface area (Å²) in [5.74, 6) is -0.288.